The minimum absolute atomic E-state index is 0.0319. The fourth-order valence-corrected chi connectivity index (χ4v) is 1.04. The molecule has 0 radical (unpaired) electrons. The van der Waals surface area contributed by atoms with Crippen molar-refractivity contribution >= 4 is 12.0 Å². The first-order chi connectivity index (χ1) is 7.20. The van der Waals surface area contributed by atoms with E-state index in [1.54, 1.807) is 13.0 Å². The largest absolute Gasteiger partial charge is 0.457 e. The molecule has 5 nitrogen and oxygen atoms in total. The van der Waals surface area contributed by atoms with Gasteiger partial charge in [-0.25, -0.2) is 0 Å². The van der Waals surface area contributed by atoms with E-state index >= 15 is 0 Å². The fourth-order valence-electron chi connectivity index (χ4n) is 1.04. The molecule has 1 aromatic rings. The van der Waals surface area contributed by atoms with Crippen molar-refractivity contribution in [3.8, 4) is 5.75 Å². The predicted molar refractivity (Wildman–Crippen MR) is 53.9 cm³/mol. The van der Waals surface area contributed by atoms with E-state index in [0.717, 1.165) is 0 Å². The minimum Gasteiger partial charge on any atom is -0.457 e. The quantitative estimate of drug-likeness (QED) is 0.329. The Morgan fingerprint density at radius 2 is 2.20 bits per heavy atom. The molecule has 0 fully saturated rings. The molecule has 1 aromatic carbocycles. The second-order valence-corrected chi connectivity index (χ2v) is 2.66. The van der Waals surface area contributed by atoms with E-state index in [0.29, 0.717) is 6.29 Å². The number of allylic oxidation sites excluding steroid dienone is 1. The molecule has 0 heterocycles. The highest BCUT2D eigenvalue weighted by atomic mass is 16.6. The number of hydrogen-bond acceptors (Lipinski definition) is 4. The molecule has 0 aromatic heterocycles. The number of nitro benzene ring substituents is 1. The van der Waals surface area contributed by atoms with Crippen molar-refractivity contribution in [1.29, 1.82) is 0 Å². The van der Waals surface area contributed by atoms with Gasteiger partial charge in [0.25, 0.3) is 0 Å². The van der Waals surface area contributed by atoms with Gasteiger partial charge in [0.05, 0.1) is 16.7 Å². The van der Waals surface area contributed by atoms with E-state index in [9.17, 15) is 14.9 Å². The van der Waals surface area contributed by atoms with E-state index in [1.807, 2.05) is 0 Å². The standard InChI is InChI=1S/C10H9NO4/c1-2-6-15-10-8(7-12)4-3-5-9(10)11(13)14/h2-7H,1H3/b6-2-. The summed E-state index contributed by atoms with van der Waals surface area (Å²) < 4.78 is 5.02. The Balaban J connectivity index is 3.26. The van der Waals surface area contributed by atoms with E-state index in [-0.39, 0.29) is 17.0 Å². The van der Waals surface area contributed by atoms with Gasteiger partial charge in [-0.2, -0.15) is 0 Å². The van der Waals surface area contributed by atoms with Crippen LogP contribution >= 0.6 is 0 Å². The fraction of sp³-hybridized carbons (Fsp3) is 0.100. The summed E-state index contributed by atoms with van der Waals surface area (Å²) in [5.74, 6) is -0.0319. The lowest BCUT2D eigenvalue weighted by Crippen LogP contribution is -1.96. The van der Waals surface area contributed by atoms with Gasteiger partial charge in [-0.05, 0) is 13.0 Å². The van der Waals surface area contributed by atoms with Gasteiger partial charge in [-0.1, -0.05) is 12.1 Å². The number of hydrogen-bond donors (Lipinski definition) is 0. The van der Waals surface area contributed by atoms with E-state index < -0.39 is 4.92 Å². The van der Waals surface area contributed by atoms with E-state index in [4.69, 9.17) is 4.74 Å². The lowest BCUT2D eigenvalue weighted by molar-refractivity contribution is -0.385. The number of carbonyl (C=O) groups excluding carboxylic acids is 1. The molecular weight excluding hydrogens is 198 g/mol. The van der Waals surface area contributed by atoms with Gasteiger partial charge in [0.1, 0.15) is 0 Å². The Morgan fingerprint density at radius 3 is 2.73 bits per heavy atom. The molecule has 15 heavy (non-hydrogen) atoms. The van der Waals surface area contributed by atoms with Crippen LogP contribution in [0.1, 0.15) is 17.3 Å². The molecule has 0 aliphatic heterocycles. The Hall–Kier alpha value is -2.17. The van der Waals surface area contributed by atoms with Gasteiger partial charge < -0.3 is 4.74 Å². The third kappa shape index (κ3) is 2.40. The van der Waals surface area contributed by atoms with Crippen molar-refractivity contribution in [1.82, 2.24) is 0 Å². The zero-order valence-corrected chi connectivity index (χ0v) is 8.04. The number of carbonyl (C=O) groups is 1. The van der Waals surface area contributed by atoms with Crippen LogP contribution in [0.2, 0.25) is 0 Å². The van der Waals surface area contributed by atoms with Gasteiger partial charge in [0.2, 0.25) is 5.75 Å². The van der Waals surface area contributed by atoms with Gasteiger partial charge in [-0.3, -0.25) is 14.9 Å². The Kier molecular flexibility index (Phi) is 3.56. The molecule has 78 valence electrons. The first-order valence-corrected chi connectivity index (χ1v) is 4.21. The molecule has 0 amide bonds. The van der Waals surface area contributed by atoms with Crippen molar-refractivity contribution in [2.75, 3.05) is 0 Å². The molecule has 5 heteroatoms. The number of aldehydes is 1. The van der Waals surface area contributed by atoms with Crippen molar-refractivity contribution in [3.63, 3.8) is 0 Å². The number of rotatable bonds is 4. The molecular formula is C10H9NO4. The summed E-state index contributed by atoms with van der Waals surface area (Å²) in [4.78, 5) is 20.7. The number of nitrogens with zero attached hydrogens (tertiary/aromatic N) is 1. The molecule has 0 aliphatic rings. The third-order valence-electron chi connectivity index (χ3n) is 1.67. The average molecular weight is 207 g/mol. The lowest BCUT2D eigenvalue weighted by atomic mass is 10.2. The maximum Gasteiger partial charge on any atom is 0.312 e. The van der Waals surface area contributed by atoms with Crippen LogP contribution in [0.25, 0.3) is 0 Å². The summed E-state index contributed by atoms with van der Waals surface area (Å²) in [7, 11) is 0. The highest BCUT2D eigenvalue weighted by molar-refractivity contribution is 5.82. The van der Waals surface area contributed by atoms with Gasteiger partial charge in [0, 0.05) is 6.07 Å². The summed E-state index contributed by atoms with van der Waals surface area (Å²) in [6, 6.07) is 4.18. The molecule has 0 unspecified atom stereocenters. The van der Waals surface area contributed by atoms with Crippen molar-refractivity contribution < 1.29 is 14.5 Å². The first kappa shape index (κ1) is 10.9. The van der Waals surface area contributed by atoms with Crippen LogP contribution in [0.15, 0.2) is 30.5 Å². The number of benzene rings is 1. The molecule has 0 saturated heterocycles. The Bertz CT molecular complexity index is 412. The number of nitro groups is 1. The van der Waals surface area contributed by atoms with Gasteiger partial charge in [0.15, 0.2) is 6.29 Å². The molecule has 0 atom stereocenters. The minimum atomic E-state index is -0.591. The van der Waals surface area contributed by atoms with Crippen LogP contribution in [-0.2, 0) is 0 Å². The smallest absolute Gasteiger partial charge is 0.312 e. The maximum atomic E-state index is 10.6. The summed E-state index contributed by atoms with van der Waals surface area (Å²) in [6.07, 6.45) is 3.38. The van der Waals surface area contributed by atoms with Crippen molar-refractivity contribution in [3.05, 3.63) is 46.2 Å². The third-order valence-corrected chi connectivity index (χ3v) is 1.67. The molecule has 0 aliphatic carbocycles. The van der Waals surface area contributed by atoms with Crippen molar-refractivity contribution in [2.24, 2.45) is 0 Å². The van der Waals surface area contributed by atoms with Crippen LogP contribution in [-0.4, -0.2) is 11.2 Å². The lowest BCUT2D eigenvalue weighted by Gasteiger charge is -2.03. The van der Waals surface area contributed by atoms with Crippen molar-refractivity contribution in [2.45, 2.75) is 6.92 Å². The predicted octanol–water partition coefficient (Wildman–Crippen LogP) is 2.32. The van der Waals surface area contributed by atoms with Crippen LogP contribution < -0.4 is 4.74 Å². The highest BCUT2D eigenvalue weighted by Crippen LogP contribution is 2.29. The summed E-state index contributed by atoms with van der Waals surface area (Å²) in [5, 5.41) is 10.6. The first-order valence-electron chi connectivity index (χ1n) is 4.21. The molecule has 0 spiro atoms. The summed E-state index contributed by atoms with van der Waals surface area (Å²) in [6.45, 7) is 1.70. The van der Waals surface area contributed by atoms with Crippen LogP contribution in [0.5, 0.6) is 5.75 Å². The molecule has 0 N–H and O–H groups in total. The summed E-state index contributed by atoms with van der Waals surface area (Å²) >= 11 is 0. The van der Waals surface area contributed by atoms with Crippen LogP contribution in [0.4, 0.5) is 5.69 Å². The van der Waals surface area contributed by atoms with E-state index in [1.165, 1.54) is 24.5 Å². The average Bonchev–Trinajstić information content (AvgIpc) is 2.25. The maximum absolute atomic E-state index is 10.6. The second-order valence-electron chi connectivity index (χ2n) is 2.66. The molecule has 0 bridgehead atoms. The second kappa shape index (κ2) is 4.90. The van der Waals surface area contributed by atoms with Crippen LogP contribution in [0.3, 0.4) is 0 Å². The number of para-hydroxylation sites is 1. The zero-order valence-electron chi connectivity index (χ0n) is 8.04. The van der Waals surface area contributed by atoms with Crippen LogP contribution in [0, 0.1) is 10.1 Å². The van der Waals surface area contributed by atoms with E-state index in [2.05, 4.69) is 0 Å². The molecule has 1 rings (SSSR count). The topological polar surface area (TPSA) is 69.4 Å². The Labute approximate surface area is 86.1 Å². The summed E-state index contributed by atoms with van der Waals surface area (Å²) in [5.41, 5.74) is -0.0694. The van der Waals surface area contributed by atoms with Gasteiger partial charge in [-0.15, -0.1) is 0 Å². The Morgan fingerprint density at radius 1 is 1.47 bits per heavy atom. The van der Waals surface area contributed by atoms with Gasteiger partial charge >= 0.3 is 5.69 Å². The molecule has 0 saturated carbocycles. The zero-order chi connectivity index (χ0) is 11.3. The monoisotopic (exact) mass is 207 g/mol. The number of ether oxygens (including phenoxy) is 1. The normalized spacial score (nSPS) is 10.2. The SMILES string of the molecule is C/C=C\Oc1c(C=O)cccc1[N+](=O)[O-]. The highest BCUT2D eigenvalue weighted by Gasteiger charge is 2.17.